The van der Waals surface area contributed by atoms with Gasteiger partial charge in [0.15, 0.2) is 0 Å². The Hall–Kier alpha value is -2.60. The maximum atomic E-state index is 10.8. The number of carboxylic acids is 1. The van der Waals surface area contributed by atoms with Crippen molar-refractivity contribution in [2.24, 2.45) is 5.92 Å². The van der Waals surface area contributed by atoms with Crippen molar-refractivity contribution >= 4 is 28.9 Å². The number of allylic oxidation sites excluding steroid dienone is 3. The molecule has 1 heterocycles. The molecule has 2 aromatic carbocycles. The molecule has 1 aliphatic rings. The number of thioether (sulfide) groups is 1. The zero-order chi connectivity index (χ0) is 23.1. The van der Waals surface area contributed by atoms with Gasteiger partial charge in [0, 0.05) is 11.7 Å². The van der Waals surface area contributed by atoms with Crippen LogP contribution in [0.1, 0.15) is 37.8 Å². The molecule has 0 amide bonds. The normalized spacial score (nSPS) is 18.7. The van der Waals surface area contributed by atoms with E-state index in [9.17, 15) is 15.0 Å². The van der Waals surface area contributed by atoms with Crippen molar-refractivity contribution in [3.63, 3.8) is 0 Å². The lowest BCUT2D eigenvalue weighted by Crippen LogP contribution is -2.20. The molecule has 3 atom stereocenters. The van der Waals surface area contributed by atoms with E-state index in [2.05, 4.69) is 43.5 Å². The zero-order valence-corrected chi connectivity index (χ0v) is 19.2. The smallest absolute Gasteiger partial charge is 0.305 e. The number of carbonyl (C=O) groups is 1. The largest absolute Gasteiger partial charge is 0.481 e. The summed E-state index contributed by atoms with van der Waals surface area (Å²) >= 11 is 1.77. The molecular formula is C27H30O4S. The Balaban J connectivity index is 2.05. The van der Waals surface area contributed by atoms with Gasteiger partial charge in [0.2, 0.25) is 0 Å². The minimum absolute atomic E-state index is 0.0162. The fraction of sp³-hybridized carbons (Fsp3) is 0.296. The van der Waals surface area contributed by atoms with Gasteiger partial charge in [-0.3, -0.25) is 4.79 Å². The van der Waals surface area contributed by atoms with Gasteiger partial charge in [-0.2, -0.15) is 0 Å². The van der Waals surface area contributed by atoms with Crippen LogP contribution in [0.3, 0.4) is 0 Å². The molecule has 4 nitrogen and oxygen atoms in total. The third kappa shape index (κ3) is 6.22. The van der Waals surface area contributed by atoms with Crippen LogP contribution in [0.25, 0.3) is 11.1 Å². The van der Waals surface area contributed by atoms with Crippen LogP contribution < -0.4 is 0 Å². The number of hydrogen-bond donors (Lipinski definition) is 3. The van der Waals surface area contributed by atoms with Crippen LogP contribution in [0.4, 0.5) is 0 Å². The second kappa shape index (κ2) is 11.3. The van der Waals surface area contributed by atoms with Crippen molar-refractivity contribution in [2.45, 2.75) is 44.1 Å². The predicted octanol–water partition coefficient (Wildman–Crippen LogP) is 5.40. The lowest BCUT2D eigenvalue weighted by molar-refractivity contribution is -0.139. The van der Waals surface area contributed by atoms with E-state index < -0.39 is 18.2 Å². The highest BCUT2D eigenvalue weighted by atomic mass is 32.2. The van der Waals surface area contributed by atoms with E-state index in [1.165, 1.54) is 0 Å². The standard InChI is InChI=1S/C27H30O4S/c1-18(2)27-23(14-13-21(28)15-22(29)16-25(30)31)26(20-11-7-4-8-12-20)24(17-32-27)19-9-5-3-6-10-19/h3-14,17-18,21-22,27-29H,15-16H2,1-2H3,(H,30,31). The van der Waals surface area contributed by atoms with E-state index in [0.717, 1.165) is 27.8 Å². The number of aliphatic hydroxyl groups is 2. The van der Waals surface area contributed by atoms with Crippen LogP contribution in [0.5, 0.6) is 0 Å². The molecule has 0 fully saturated rings. The summed E-state index contributed by atoms with van der Waals surface area (Å²) in [4.78, 5) is 10.8. The first-order valence-corrected chi connectivity index (χ1v) is 11.8. The number of carboxylic acid groups (broad SMARTS) is 1. The monoisotopic (exact) mass is 450 g/mol. The minimum atomic E-state index is -1.09. The average molecular weight is 451 g/mol. The maximum Gasteiger partial charge on any atom is 0.305 e. The Morgan fingerprint density at radius 1 is 1.00 bits per heavy atom. The predicted molar refractivity (Wildman–Crippen MR) is 132 cm³/mol. The molecule has 0 aliphatic carbocycles. The van der Waals surface area contributed by atoms with Crippen molar-refractivity contribution in [1.82, 2.24) is 0 Å². The molecule has 0 saturated heterocycles. The second-order valence-corrected chi connectivity index (χ2v) is 9.32. The summed E-state index contributed by atoms with van der Waals surface area (Å²) in [6.45, 7) is 4.37. The molecule has 2 aromatic rings. The van der Waals surface area contributed by atoms with E-state index >= 15 is 0 Å². The second-order valence-electron chi connectivity index (χ2n) is 8.31. The third-order valence-corrected chi connectivity index (χ3v) is 6.83. The van der Waals surface area contributed by atoms with Crippen LogP contribution in [0.15, 0.2) is 83.8 Å². The SMILES string of the molecule is CC(C)C1SC=C(c2ccccc2)C(c2ccccc2)=C1C=CC(O)CC(O)CC(=O)O. The van der Waals surface area contributed by atoms with Gasteiger partial charge in [0.1, 0.15) is 0 Å². The van der Waals surface area contributed by atoms with Gasteiger partial charge >= 0.3 is 5.97 Å². The summed E-state index contributed by atoms with van der Waals surface area (Å²) in [6, 6.07) is 20.5. The summed E-state index contributed by atoms with van der Waals surface area (Å²) in [5.74, 6) is -0.717. The van der Waals surface area contributed by atoms with Gasteiger partial charge < -0.3 is 15.3 Å². The number of benzene rings is 2. The fourth-order valence-corrected chi connectivity index (χ4v) is 5.07. The molecule has 32 heavy (non-hydrogen) atoms. The molecule has 5 heteroatoms. The van der Waals surface area contributed by atoms with Crippen molar-refractivity contribution in [2.75, 3.05) is 0 Å². The van der Waals surface area contributed by atoms with Crippen molar-refractivity contribution in [3.8, 4) is 0 Å². The molecule has 0 saturated carbocycles. The molecule has 0 spiro atoms. The van der Waals surface area contributed by atoms with Crippen molar-refractivity contribution < 1.29 is 20.1 Å². The first-order chi connectivity index (χ1) is 15.4. The van der Waals surface area contributed by atoms with Gasteiger partial charge in [0.05, 0.1) is 18.6 Å². The van der Waals surface area contributed by atoms with E-state index in [-0.39, 0.29) is 18.1 Å². The molecule has 1 aliphatic heterocycles. The number of hydrogen-bond acceptors (Lipinski definition) is 4. The number of aliphatic hydroxyl groups excluding tert-OH is 2. The van der Waals surface area contributed by atoms with Crippen LogP contribution >= 0.6 is 11.8 Å². The highest BCUT2D eigenvalue weighted by molar-refractivity contribution is 8.03. The fourth-order valence-electron chi connectivity index (χ4n) is 3.88. The van der Waals surface area contributed by atoms with E-state index in [1.807, 2.05) is 42.5 Å². The van der Waals surface area contributed by atoms with Crippen LogP contribution in [-0.4, -0.2) is 38.7 Å². The number of rotatable bonds is 9. The summed E-state index contributed by atoms with van der Waals surface area (Å²) in [6.07, 6.45) is 1.21. The van der Waals surface area contributed by atoms with Crippen LogP contribution in [-0.2, 0) is 4.79 Å². The van der Waals surface area contributed by atoms with Crippen molar-refractivity contribution in [1.29, 1.82) is 0 Å². The molecule has 0 bridgehead atoms. The van der Waals surface area contributed by atoms with Gasteiger partial charge in [-0.25, -0.2) is 0 Å². The quantitative estimate of drug-likeness (QED) is 0.477. The maximum absolute atomic E-state index is 10.8. The first kappa shape index (κ1) is 24.1. The Morgan fingerprint density at radius 3 is 2.16 bits per heavy atom. The molecule has 3 unspecified atom stereocenters. The lowest BCUT2D eigenvalue weighted by Gasteiger charge is -2.30. The van der Waals surface area contributed by atoms with Gasteiger partial charge in [-0.1, -0.05) is 86.7 Å². The Labute approximate surface area is 194 Å². The van der Waals surface area contributed by atoms with E-state index in [0.29, 0.717) is 5.92 Å². The topological polar surface area (TPSA) is 77.8 Å². The summed E-state index contributed by atoms with van der Waals surface area (Å²) in [7, 11) is 0. The Morgan fingerprint density at radius 2 is 1.59 bits per heavy atom. The average Bonchev–Trinajstić information content (AvgIpc) is 2.77. The molecule has 168 valence electrons. The zero-order valence-electron chi connectivity index (χ0n) is 18.4. The lowest BCUT2D eigenvalue weighted by atomic mass is 9.85. The van der Waals surface area contributed by atoms with Gasteiger partial charge in [-0.15, -0.1) is 11.8 Å². The summed E-state index contributed by atoms with van der Waals surface area (Å²) < 4.78 is 0. The summed E-state index contributed by atoms with van der Waals surface area (Å²) in [5.41, 5.74) is 5.62. The number of aliphatic carboxylic acids is 1. The Kier molecular flexibility index (Phi) is 8.51. The van der Waals surface area contributed by atoms with Gasteiger partial charge in [0.25, 0.3) is 0 Å². The summed E-state index contributed by atoms with van der Waals surface area (Å²) in [5, 5.41) is 31.6. The first-order valence-electron chi connectivity index (χ1n) is 10.8. The highest BCUT2D eigenvalue weighted by Gasteiger charge is 2.27. The Bertz CT molecular complexity index is 993. The van der Waals surface area contributed by atoms with Crippen LogP contribution in [0, 0.1) is 5.92 Å². The van der Waals surface area contributed by atoms with Crippen molar-refractivity contribution in [3.05, 3.63) is 94.9 Å². The van der Waals surface area contributed by atoms with Crippen LogP contribution in [0.2, 0.25) is 0 Å². The van der Waals surface area contributed by atoms with Gasteiger partial charge in [-0.05, 0) is 39.2 Å². The molecule has 3 rings (SSSR count). The molecule has 3 N–H and O–H groups in total. The van der Waals surface area contributed by atoms with E-state index in [1.54, 1.807) is 17.8 Å². The third-order valence-electron chi connectivity index (χ3n) is 5.37. The highest BCUT2D eigenvalue weighted by Crippen LogP contribution is 2.46. The minimum Gasteiger partial charge on any atom is -0.481 e. The molecular weight excluding hydrogens is 420 g/mol. The van der Waals surface area contributed by atoms with E-state index in [4.69, 9.17) is 5.11 Å². The molecule has 0 radical (unpaired) electrons. The molecule has 0 aromatic heterocycles.